The zero-order valence-corrected chi connectivity index (χ0v) is 7.12. The quantitative estimate of drug-likeness (QED) is 0.722. The average Bonchev–Trinajstić information content (AvgIpc) is 2.03. The standard InChI is InChI=1S/C7H5ClN2O3/c8-5-1-2-10-6(4(5)3-11)13-7(9)12/h1-3H,(H2,9,12). The fraction of sp³-hybridized carbons (Fsp3) is 0. The minimum atomic E-state index is -1.04. The Morgan fingerprint density at radius 1 is 1.69 bits per heavy atom. The summed E-state index contributed by atoms with van der Waals surface area (Å²) in [4.78, 5) is 24.4. The smallest absolute Gasteiger partial charge is 0.391 e. The van der Waals surface area contributed by atoms with Crippen molar-refractivity contribution in [1.29, 1.82) is 0 Å². The van der Waals surface area contributed by atoms with Crippen molar-refractivity contribution < 1.29 is 14.3 Å². The lowest BCUT2D eigenvalue weighted by Crippen LogP contribution is -2.17. The maximum Gasteiger partial charge on any atom is 0.411 e. The van der Waals surface area contributed by atoms with Crippen LogP contribution < -0.4 is 10.5 Å². The van der Waals surface area contributed by atoms with Gasteiger partial charge in [-0.3, -0.25) is 4.79 Å². The van der Waals surface area contributed by atoms with Gasteiger partial charge in [-0.15, -0.1) is 0 Å². The first-order valence-electron chi connectivity index (χ1n) is 3.22. The summed E-state index contributed by atoms with van der Waals surface area (Å²) < 4.78 is 4.43. The maximum absolute atomic E-state index is 10.5. The summed E-state index contributed by atoms with van der Waals surface area (Å²) in [7, 11) is 0. The van der Waals surface area contributed by atoms with Crippen LogP contribution in [0.2, 0.25) is 5.02 Å². The Morgan fingerprint density at radius 2 is 2.38 bits per heavy atom. The monoisotopic (exact) mass is 200 g/mol. The van der Waals surface area contributed by atoms with E-state index in [2.05, 4.69) is 9.72 Å². The summed E-state index contributed by atoms with van der Waals surface area (Å²) in [6, 6.07) is 1.40. The molecule has 2 N–H and O–H groups in total. The molecule has 5 nitrogen and oxygen atoms in total. The van der Waals surface area contributed by atoms with E-state index < -0.39 is 6.09 Å². The Balaban J connectivity index is 3.12. The number of halogens is 1. The minimum Gasteiger partial charge on any atom is -0.391 e. The predicted octanol–water partition coefficient (Wildman–Crippen LogP) is 1.01. The van der Waals surface area contributed by atoms with Crippen LogP contribution in [-0.2, 0) is 0 Å². The Kier molecular flexibility index (Phi) is 2.81. The summed E-state index contributed by atoms with van der Waals surface area (Å²) >= 11 is 5.61. The number of rotatable bonds is 2. The molecule has 68 valence electrons. The van der Waals surface area contributed by atoms with Crippen LogP contribution >= 0.6 is 11.6 Å². The lowest BCUT2D eigenvalue weighted by molar-refractivity contribution is 0.112. The van der Waals surface area contributed by atoms with Gasteiger partial charge in [-0.25, -0.2) is 9.78 Å². The van der Waals surface area contributed by atoms with Gasteiger partial charge in [0.1, 0.15) is 0 Å². The highest BCUT2D eigenvalue weighted by atomic mass is 35.5. The minimum absolute atomic E-state index is 0.00275. The molecule has 0 bridgehead atoms. The molecule has 1 aromatic heterocycles. The van der Waals surface area contributed by atoms with Gasteiger partial charge in [0.25, 0.3) is 0 Å². The van der Waals surface area contributed by atoms with E-state index >= 15 is 0 Å². The molecule has 0 saturated heterocycles. The van der Waals surface area contributed by atoms with Gasteiger partial charge in [0.15, 0.2) is 6.29 Å². The zero-order chi connectivity index (χ0) is 9.84. The summed E-state index contributed by atoms with van der Waals surface area (Å²) in [5.74, 6) is -0.185. The van der Waals surface area contributed by atoms with Crippen molar-refractivity contribution in [2.45, 2.75) is 0 Å². The summed E-state index contributed by atoms with van der Waals surface area (Å²) in [6.07, 6.45) is 0.694. The van der Waals surface area contributed by atoms with Crippen molar-refractivity contribution in [2.75, 3.05) is 0 Å². The number of ether oxygens (including phenoxy) is 1. The molecule has 0 saturated carbocycles. The molecule has 0 spiro atoms. The van der Waals surface area contributed by atoms with Crippen molar-refractivity contribution in [3.05, 3.63) is 22.8 Å². The van der Waals surface area contributed by atoms with E-state index in [1.54, 1.807) is 0 Å². The number of aldehydes is 1. The van der Waals surface area contributed by atoms with Crippen molar-refractivity contribution in [1.82, 2.24) is 4.98 Å². The van der Waals surface area contributed by atoms with Gasteiger partial charge in [0.05, 0.1) is 10.6 Å². The third-order valence-electron chi connectivity index (χ3n) is 1.22. The first-order chi connectivity index (χ1) is 6.15. The maximum atomic E-state index is 10.5. The van der Waals surface area contributed by atoms with Gasteiger partial charge in [0, 0.05) is 6.20 Å². The van der Waals surface area contributed by atoms with Crippen molar-refractivity contribution >= 4 is 24.0 Å². The van der Waals surface area contributed by atoms with Gasteiger partial charge in [-0.1, -0.05) is 11.6 Å². The van der Waals surface area contributed by atoms with E-state index in [9.17, 15) is 9.59 Å². The molecule has 0 atom stereocenters. The number of nitrogens with two attached hydrogens (primary N) is 1. The second kappa shape index (κ2) is 3.86. The molecule has 1 heterocycles. The van der Waals surface area contributed by atoms with E-state index in [-0.39, 0.29) is 16.5 Å². The highest BCUT2D eigenvalue weighted by Gasteiger charge is 2.10. The number of pyridine rings is 1. The van der Waals surface area contributed by atoms with E-state index in [0.717, 1.165) is 0 Å². The lowest BCUT2D eigenvalue weighted by Gasteiger charge is -2.02. The fourth-order valence-electron chi connectivity index (χ4n) is 0.715. The topological polar surface area (TPSA) is 82.3 Å². The van der Waals surface area contributed by atoms with Crippen molar-refractivity contribution in [3.63, 3.8) is 0 Å². The number of aromatic nitrogens is 1. The van der Waals surface area contributed by atoms with E-state index in [0.29, 0.717) is 6.29 Å². The number of amides is 1. The summed E-state index contributed by atoms with van der Waals surface area (Å²) in [5.41, 5.74) is 4.74. The van der Waals surface area contributed by atoms with E-state index in [4.69, 9.17) is 17.3 Å². The van der Waals surface area contributed by atoms with Crippen LogP contribution in [0, 0.1) is 0 Å². The second-order valence-electron chi connectivity index (χ2n) is 2.05. The van der Waals surface area contributed by atoms with Gasteiger partial charge < -0.3 is 10.5 Å². The van der Waals surface area contributed by atoms with E-state index in [1.807, 2.05) is 0 Å². The molecule has 13 heavy (non-hydrogen) atoms. The molecule has 0 unspecified atom stereocenters. The molecule has 0 aliphatic heterocycles. The van der Waals surface area contributed by atoms with Crippen LogP contribution in [0.5, 0.6) is 5.88 Å². The first kappa shape index (κ1) is 9.47. The fourth-order valence-corrected chi connectivity index (χ4v) is 0.897. The number of nitrogens with zero attached hydrogens (tertiary/aromatic N) is 1. The number of primary amides is 1. The van der Waals surface area contributed by atoms with Crippen LogP contribution in [0.15, 0.2) is 12.3 Å². The molecular weight excluding hydrogens is 196 g/mol. The molecular formula is C7H5ClN2O3. The molecule has 1 amide bonds. The third-order valence-corrected chi connectivity index (χ3v) is 1.55. The van der Waals surface area contributed by atoms with Crippen LogP contribution in [0.4, 0.5) is 4.79 Å². The second-order valence-corrected chi connectivity index (χ2v) is 2.46. The van der Waals surface area contributed by atoms with Gasteiger partial charge >= 0.3 is 6.09 Å². The number of hydrogen-bond donors (Lipinski definition) is 1. The number of carbonyl (C=O) groups is 2. The Morgan fingerprint density at radius 3 is 2.92 bits per heavy atom. The Bertz CT molecular complexity index is 354. The molecule has 0 fully saturated rings. The van der Waals surface area contributed by atoms with Gasteiger partial charge in [-0.2, -0.15) is 0 Å². The Labute approximate surface area is 78.5 Å². The van der Waals surface area contributed by atoms with Gasteiger partial charge in [0.2, 0.25) is 5.88 Å². The van der Waals surface area contributed by atoms with Crippen LogP contribution in [-0.4, -0.2) is 17.4 Å². The average molecular weight is 201 g/mol. The Hall–Kier alpha value is -1.62. The molecule has 1 aromatic rings. The molecule has 0 radical (unpaired) electrons. The molecule has 0 aliphatic rings. The first-order valence-corrected chi connectivity index (χ1v) is 3.60. The highest BCUT2D eigenvalue weighted by molar-refractivity contribution is 6.33. The molecule has 1 rings (SSSR count). The molecule has 0 aliphatic carbocycles. The van der Waals surface area contributed by atoms with Crippen molar-refractivity contribution in [3.8, 4) is 5.88 Å². The van der Waals surface area contributed by atoms with Gasteiger partial charge in [-0.05, 0) is 6.07 Å². The largest absolute Gasteiger partial charge is 0.411 e. The third kappa shape index (κ3) is 2.16. The zero-order valence-electron chi connectivity index (χ0n) is 6.36. The SMILES string of the molecule is NC(=O)Oc1nccc(Cl)c1C=O. The van der Waals surface area contributed by atoms with Crippen molar-refractivity contribution in [2.24, 2.45) is 5.73 Å². The number of carbonyl (C=O) groups excluding carboxylic acids is 2. The summed E-state index contributed by atoms with van der Waals surface area (Å²) in [5, 5.41) is 0.154. The summed E-state index contributed by atoms with van der Waals surface area (Å²) in [6.45, 7) is 0. The number of hydrogen-bond acceptors (Lipinski definition) is 4. The molecule has 6 heteroatoms. The lowest BCUT2D eigenvalue weighted by atomic mass is 10.3. The van der Waals surface area contributed by atoms with E-state index in [1.165, 1.54) is 12.3 Å². The van der Waals surface area contributed by atoms with Crippen LogP contribution in [0.1, 0.15) is 10.4 Å². The van der Waals surface area contributed by atoms with Crippen LogP contribution in [0.3, 0.4) is 0 Å². The highest BCUT2D eigenvalue weighted by Crippen LogP contribution is 2.21. The predicted molar refractivity (Wildman–Crippen MR) is 44.8 cm³/mol. The molecule has 0 aromatic carbocycles. The normalized spacial score (nSPS) is 9.31. The van der Waals surface area contributed by atoms with Crippen LogP contribution in [0.25, 0.3) is 0 Å².